The number of nitrogens with one attached hydrogen (secondary N) is 2. The number of non-ortho nitro benzene ring substituents is 1. The number of alkyl carbamates (subject to hydrolysis) is 1. The minimum atomic E-state index is -4.09. The predicted octanol–water partition coefficient (Wildman–Crippen LogP) is 2.48. The zero-order valence-electron chi connectivity index (χ0n) is 17.1. The molecular formula is C18H27N3O7S. The van der Waals surface area contributed by atoms with Crippen molar-refractivity contribution >= 4 is 27.7 Å². The van der Waals surface area contributed by atoms with Gasteiger partial charge < -0.3 is 10.1 Å². The summed E-state index contributed by atoms with van der Waals surface area (Å²) in [4.78, 5) is 34.6. The van der Waals surface area contributed by atoms with E-state index in [1.807, 2.05) is 4.72 Å². The number of carbonyl (C=O) groups is 2. The van der Waals surface area contributed by atoms with Crippen molar-refractivity contribution in [2.45, 2.75) is 58.4 Å². The highest BCUT2D eigenvalue weighted by molar-refractivity contribution is 7.89. The van der Waals surface area contributed by atoms with Gasteiger partial charge in [-0.1, -0.05) is 32.4 Å². The largest absolute Gasteiger partial charge is 0.444 e. The van der Waals surface area contributed by atoms with Gasteiger partial charge in [0.25, 0.3) is 11.6 Å². The number of hydrogen-bond acceptors (Lipinski definition) is 7. The molecule has 1 aromatic carbocycles. The molecular weight excluding hydrogens is 402 g/mol. The highest BCUT2D eigenvalue weighted by Gasteiger charge is 2.30. The summed E-state index contributed by atoms with van der Waals surface area (Å²) < 4.78 is 31.8. The fraction of sp³-hybridized carbons (Fsp3) is 0.556. The van der Waals surface area contributed by atoms with E-state index >= 15 is 0 Å². The van der Waals surface area contributed by atoms with Crippen LogP contribution in [0, 0.1) is 16.0 Å². The molecule has 0 bridgehead atoms. The van der Waals surface area contributed by atoms with Crippen molar-refractivity contribution < 1.29 is 27.7 Å². The SMILES string of the molecule is CC[C@@H](C)[C@H](NC(=O)OC(C)(C)C)C(=O)NS(=O)(=O)Cc1ccc([N+](=O)[O-])cc1. The summed E-state index contributed by atoms with van der Waals surface area (Å²) in [6.07, 6.45) is -0.318. The van der Waals surface area contributed by atoms with E-state index < -0.39 is 44.3 Å². The van der Waals surface area contributed by atoms with Crippen LogP contribution in [0.3, 0.4) is 0 Å². The average molecular weight is 429 g/mol. The topological polar surface area (TPSA) is 145 Å². The maximum Gasteiger partial charge on any atom is 0.408 e. The fourth-order valence-corrected chi connectivity index (χ4v) is 3.46. The zero-order chi connectivity index (χ0) is 22.4. The molecule has 29 heavy (non-hydrogen) atoms. The van der Waals surface area contributed by atoms with E-state index in [1.165, 1.54) is 24.3 Å². The van der Waals surface area contributed by atoms with Crippen molar-refractivity contribution in [3.05, 3.63) is 39.9 Å². The minimum absolute atomic E-state index is 0.173. The normalized spacial score (nSPS) is 13.8. The second-order valence-electron chi connectivity index (χ2n) is 7.66. The lowest BCUT2D eigenvalue weighted by Crippen LogP contribution is -2.52. The van der Waals surface area contributed by atoms with Crippen molar-refractivity contribution in [1.29, 1.82) is 0 Å². The summed E-state index contributed by atoms with van der Waals surface area (Å²) in [7, 11) is -4.09. The molecule has 2 atom stereocenters. The van der Waals surface area contributed by atoms with Gasteiger partial charge in [0.15, 0.2) is 0 Å². The van der Waals surface area contributed by atoms with Crippen molar-refractivity contribution in [3.8, 4) is 0 Å². The molecule has 0 saturated heterocycles. The molecule has 0 saturated carbocycles. The van der Waals surface area contributed by atoms with Gasteiger partial charge in [0.1, 0.15) is 11.6 Å². The molecule has 2 amide bonds. The molecule has 0 fully saturated rings. The van der Waals surface area contributed by atoms with Gasteiger partial charge in [-0.3, -0.25) is 19.6 Å². The lowest BCUT2D eigenvalue weighted by Gasteiger charge is -2.26. The Kier molecular flexibility index (Phi) is 8.13. The van der Waals surface area contributed by atoms with E-state index in [9.17, 15) is 28.1 Å². The highest BCUT2D eigenvalue weighted by atomic mass is 32.2. The molecule has 0 heterocycles. The summed E-state index contributed by atoms with van der Waals surface area (Å²) in [6, 6.07) is 3.85. The van der Waals surface area contributed by atoms with Crippen LogP contribution in [0.15, 0.2) is 24.3 Å². The van der Waals surface area contributed by atoms with Crippen LogP contribution in [0.1, 0.15) is 46.6 Å². The summed E-state index contributed by atoms with van der Waals surface area (Å²) in [5, 5.41) is 13.1. The quantitative estimate of drug-likeness (QED) is 0.477. The Labute approximate surface area is 170 Å². The predicted molar refractivity (Wildman–Crippen MR) is 106 cm³/mol. The molecule has 0 spiro atoms. The molecule has 0 aliphatic rings. The number of sulfonamides is 1. The fourth-order valence-electron chi connectivity index (χ4n) is 2.32. The van der Waals surface area contributed by atoms with Crippen LogP contribution in [0.2, 0.25) is 0 Å². The number of benzene rings is 1. The Bertz CT molecular complexity index is 845. The third-order valence-corrected chi connectivity index (χ3v) is 5.15. The maximum absolute atomic E-state index is 12.5. The first-order chi connectivity index (χ1) is 13.2. The summed E-state index contributed by atoms with van der Waals surface area (Å²) in [5.41, 5.74) is -0.674. The molecule has 1 rings (SSSR count). The molecule has 1 aromatic rings. The van der Waals surface area contributed by atoms with E-state index in [1.54, 1.807) is 34.6 Å². The highest BCUT2D eigenvalue weighted by Crippen LogP contribution is 2.15. The first-order valence-corrected chi connectivity index (χ1v) is 10.7. The van der Waals surface area contributed by atoms with Gasteiger partial charge in [-0.15, -0.1) is 0 Å². The first kappa shape index (κ1) is 24.3. The van der Waals surface area contributed by atoms with Crippen LogP contribution in [0.5, 0.6) is 0 Å². The van der Waals surface area contributed by atoms with Crippen LogP contribution < -0.4 is 10.0 Å². The van der Waals surface area contributed by atoms with Crippen molar-refractivity contribution in [2.24, 2.45) is 5.92 Å². The van der Waals surface area contributed by atoms with Gasteiger partial charge in [0.05, 0.1) is 10.7 Å². The molecule has 11 heteroatoms. The standard InChI is InChI=1S/C18H27N3O7S/c1-6-12(2)15(19-17(23)28-18(3,4)5)16(22)20-29(26,27)11-13-7-9-14(10-8-13)21(24)25/h7-10,12,15H,6,11H2,1-5H3,(H,19,23)(H,20,22)/t12-,15+/m1/s1. The Morgan fingerprint density at radius 3 is 2.21 bits per heavy atom. The van der Waals surface area contributed by atoms with Gasteiger partial charge in [-0.05, 0) is 32.3 Å². The molecule has 0 unspecified atom stereocenters. The smallest absolute Gasteiger partial charge is 0.408 e. The second-order valence-corrected chi connectivity index (χ2v) is 9.38. The van der Waals surface area contributed by atoms with Crippen molar-refractivity contribution in [2.75, 3.05) is 0 Å². The Hall–Kier alpha value is -2.69. The van der Waals surface area contributed by atoms with Gasteiger partial charge >= 0.3 is 6.09 Å². The van der Waals surface area contributed by atoms with Crippen LogP contribution in [0.4, 0.5) is 10.5 Å². The van der Waals surface area contributed by atoms with Crippen molar-refractivity contribution in [3.63, 3.8) is 0 Å². The Morgan fingerprint density at radius 2 is 1.76 bits per heavy atom. The average Bonchev–Trinajstić information content (AvgIpc) is 2.57. The number of amides is 2. The van der Waals surface area contributed by atoms with E-state index in [0.29, 0.717) is 6.42 Å². The maximum atomic E-state index is 12.5. The van der Waals surface area contributed by atoms with Crippen LogP contribution >= 0.6 is 0 Å². The number of ether oxygens (including phenoxy) is 1. The number of hydrogen-bond donors (Lipinski definition) is 2. The molecule has 0 aliphatic carbocycles. The molecule has 0 radical (unpaired) electrons. The number of rotatable bonds is 8. The minimum Gasteiger partial charge on any atom is -0.444 e. The van der Waals surface area contributed by atoms with Gasteiger partial charge in [-0.2, -0.15) is 0 Å². The molecule has 0 aromatic heterocycles. The molecule has 10 nitrogen and oxygen atoms in total. The lowest BCUT2D eigenvalue weighted by molar-refractivity contribution is -0.384. The third-order valence-electron chi connectivity index (χ3n) is 3.93. The number of nitro groups is 1. The summed E-state index contributed by atoms with van der Waals surface area (Å²) >= 11 is 0. The van der Waals surface area contributed by atoms with E-state index in [0.717, 1.165) is 0 Å². The number of nitro benzene ring substituents is 1. The lowest BCUT2D eigenvalue weighted by atomic mass is 9.99. The summed E-state index contributed by atoms with van der Waals surface area (Å²) in [5.74, 6) is -1.78. The van der Waals surface area contributed by atoms with Crippen LogP contribution in [-0.4, -0.2) is 37.0 Å². The Balaban J connectivity index is 2.88. The van der Waals surface area contributed by atoms with Gasteiger partial charge in [0.2, 0.25) is 10.0 Å². The van der Waals surface area contributed by atoms with E-state index in [-0.39, 0.29) is 17.2 Å². The van der Waals surface area contributed by atoms with Gasteiger partial charge in [0, 0.05) is 12.1 Å². The Morgan fingerprint density at radius 1 is 1.21 bits per heavy atom. The van der Waals surface area contributed by atoms with Crippen LogP contribution in [-0.2, 0) is 25.3 Å². The molecule has 162 valence electrons. The van der Waals surface area contributed by atoms with E-state index in [2.05, 4.69) is 5.32 Å². The van der Waals surface area contributed by atoms with Gasteiger partial charge in [-0.25, -0.2) is 13.2 Å². The zero-order valence-corrected chi connectivity index (χ0v) is 17.9. The second kappa shape index (κ2) is 9.68. The number of carbonyl (C=O) groups excluding carboxylic acids is 2. The van der Waals surface area contributed by atoms with Crippen molar-refractivity contribution in [1.82, 2.24) is 10.0 Å². The third kappa shape index (κ3) is 8.46. The summed E-state index contributed by atoms with van der Waals surface area (Å²) in [6.45, 7) is 8.50. The van der Waals surface area contributed by atoms with Crippen LogP contribution in [0.25, 0.3) is 0 Å². The molecule has 2 N–H and O–H groups in total. The monoisotopic (exact) mass is 429 g/mol. The first-order valence-electron chi connectivity index (χ1n) is 9.01. The number of nitrogens with zero attached hydrogens (tertiary/aromatic N) is 1. The van der Waals surface area contributed by atoms with E-state index in [4.69, 9.17) is 4.74 Å². The molecule has 0 aliphatic heterocycles.